The maximum atomic E-state index is 12.6. The number of hydrogen-bond donors (Lipinski definition) is 1. The van der Waals surface area contributed by atoms with Gasteiger partial charge in [-0.1, -0.05) is 59.6 Å². The summed E-state index contributed by atoms with van der Waals surface area (Å²) in [5.41, 5.74) is 1.79. The highest BCUT2D eigenvalue weighted by molar-refractivity contribution is 6.42. The minimum atomic E-state index is -0.359. The molecule has 2 aromatic carbocycles. The van der Waals surface area contributed by atoms with Crippen molar-refractivity contribution >= 4 is 35.0 Å². The predicted octanol–water partition coefficient (Wildman–Crippen LogP) is 4.22. The van der Waals surface area contributed by atoms with Gasteiger partial charge in [-0.2, -0.15) is 0 Å². The summed E-state index contributed by atoms with van der Waals surface area (Å²) in [4.78, 5) is 25.7. The fourth-order valence-electron chi connectivity index (χ4n) is 2.51. The molecule has 0 bridgehead atoms. The summed E-state index contributed by atoms with van der Waals surface area (Å²) < 4.78 is 0. The van der Waals surface area contributed by atoms with Gasteiger partial charge >= 0.3 is 0 Å². The van der Waals surface area contributed by atoms with Crippen LogP contribution in [-0.4, -0.2) is 23.8 Å². The number of amides is 2. The van der Waals surface area contributed by atoms with Crippen molar-refractivity contribution in [1.82, 2.24) is 10.2 Å². The molecule has 0 saturated carbocycles. The fraction of sp³-hybridized carbons (Fsp3) is 0.263. The SMILES string of the molecule is CC(=O)NC(CC(=O)N(C)Cc1ccc(Cl)c(Cl)c1)c1ccccc1. The quantitative estimate of drug-likeness (QED) is 0.817. The van der Waals surface area contributed by atoms with E-state index < -0.39 is 0 Å². The highest BCUT2D eigenvalue weighted by atomic mass is 35.5. The molecule has 0 aliphatic heterocycles. The van der Waals surface area contributed by atoms with Crippen molar-refractivity contribution in [1.29, 1.82) is 0 Å². The van der Waals surface area contributed by atoms with Gasteiger partial charge in [0.15, 0.2) is 0 Å². The molecule has 0 fully saturated rings. The van der Waals surface area contributed by atoms with E-state index in [-0.39, 0.29) is 24.3 Å². The Labute approximate surface area is 157 Å². The van der Waals surface area contributed by atoms with Crippen molar-refractivity contribution in [3.63, 3.8) is 0 Å². The molecule has 4 nitrogen and oxygen atoms in total. The summed E-state index contributed by atoms with van der Waals surface area (Å²) in [6.45, 7) is 1.86. The van der Waals surface area contributed by atoms with E-state index in [1.165, 1.54) is 6.92 Å². The van der Waals surface area contributed by atoms with Crippen LogP contribution in [0.1, 0.15) is 30.5 Å². The zero-order chi connectivity index (χ0) is 18.4. The highest BCUT2D eigenvalue weighted by Crippen LogP contribution is 2.24. The van der Waals surface area contributed by atoms with Crippen molar-refractivity contribution in [3.05, 3.63) is 69.7 Å². The van der Waals surface area contributed by atoms with Crippen molar-refractivity contribution in [3.8, 4) is 0 Å². The maximum Gasteiger partial charge on any atom is 0.225 e. The summed E-state index contributed by atoms with van der Waals surface area (Å²) in [5, 5.41) is 3.78. The first kappa shape index (κ1) is 19.3. The van der Waals surface area contributed by atoms with E-state index in [0.29, 0.717) is 16.6 Å². The molecule has 0 heterocycles. The molecule has 0 aliphatic carbocycles. The Bertz CT molecular complexity index is 750. The lowest BCUT2D eigenvalue weighted by molar-refractivity contribution is -0.131. The number of benzene rings is 2. The van der Waals surface area contributed by atoms with Crippen LogP contribution in [0.4, 0.5) is 0 Å². The molecular weight excluding hydrogens is 359 g/mol. The molecule has 0 aromatic heterocycles. The van der Waals surface area contributed by atoms with E-state index in [4.69, 9.17) is 23.2 Å². The minimum Gasteiger partial charge on any atom is -0.349 e. The smallest absolute Gasteiger partial charge is 0.225 e. The molecule has 132 valence electrons. The van der Waals surface area contributed by atoms with E-state index in [9.17, 15) is 9.59 Å². The summed E-state index contributed by atoms with van der Waals surface area (Å²) in [6, 6.07) is 14.4. The molecule has 0 aliphatic rings. The normalized spacial score (nSPS) is 11.7. The van der Waals surface area contributed by atoms with Crippen LogP contribution in [0.5, 0.6) is 0 Å². The molecule has 1 unspecified atom stereocenters. The second kappa shape index (κ2) is 8.88. The lowest BCUT2D eigenvalue weighted by atomic mass is 10.0. The van der Waals surface area contributed by atoms with Crippen molar-refractivity contribution in [2.24, 2.45) is 0 Å². The van der Waals surface area contributed by atoms with Gasteiger partial charge in [-0.15, -0.1) is 0 Å². The van der Waals surface area contributed by atoms with Crippen molar-refractivity contribution in [2.45, 2.75) is 25.9 Å². The number of nitrogens with zero attached hydrogens (tertiary/aromatic N) is 1. The molecular formula is C19H20Cl2N2O2. The number of nitrogens with one attached hydrogen (secondary N) is 1. The van der Waals surface area contributed by atoms with Crippen molar-refractivity contribution < 1.29 is 9.59 Å². The Hall–Kier alpha value is -2.04. The number of rotatable bonds is 6. The fourth-order valence-corrected chi connectivity index (χ4v) is 2.83. The Balaban J connectivity index is 2.06. The van der Waals surface area contributed by atoms with Crippen LogP contribution in [-0.2, 0) is 16.1 Å². The lowest BCUT2D eigenvalue weighted by Gasteiger charge is -2.23. The topological polar surface area (TPSA) is 49.4 Å². The van der Waals surface area contributed by atoms with Crippen LogP contribution in [0.3, 0.4) is 0 Å². The molecule has 0 spiro atoms. The standard InChI is InChI=1S/C19H20Cl2N2O2/c1-13(24)22-18(15-6-4-3-5-7-15)11-19(25)23(2)12-14-8-9-16(20)17(21)10-14/h3-10,18H,11-12H2,1-2H3,(H,22,24). The first-order valence-corrected chi connectivity index (χ1v) is 8.62. The molecule has 2 amide bonds. The summed E-state index contributed by atoms with van der Waals surface area (Å²) >= 11 is 11.9. The Kier molecular flexibility index (Phi) is 6.85. The van der Waals surface area contributed by atoms with Crippen LogP contribution < -0.4 is 5.32 Å². The van der Waals surface area contributed by atoms with Crippen molar-refractivity contribution in [2.75, 3.05) is 7.05 Å². The summed E-state index contributed by atoms with van der Waals surface area (Å²) in [5.74, 6) is -0.248. The highest BCUT2D eigenvalue weighted by Gasteiger charge is 2.19. The van der Waals surface area contributed by atoms with Gasteiger partial charge in [0.2, 0.25) is 11.8 Å². The summed E-state index contributed by atoms with van der Waals surface area (Å²) in [6.07, 6.45) is 0.182. The zero-order valence-corrected chi connectivity index (χ0v) is 15.6. The predicted molar refractivity (Wildman–Crippen MR) is 101 cm³/mol. The van der Waals surface area contributed by atoms with Crippen LogP contribution in [0.15, 0.2) is 48.5 Å². The van der Waals surface area contributed by atoms with E-state index in [1.54, 1.807) is 24.1 Å². The van der Waals surface area contributed by atoms with Gasteiger partial charge in [0.05, 0.1) is 22.5 Å². The van der Waals surface area contributed by atoms with Gasteiger partial charge in [0, 0.05) is 20.5 Å². The average molecular weight is 379 g/mol. The number of carbonyl (C=O) groups is 2. The third-order valence-electron chi connectivity index (χ3n) is 3.79. The van der Waals surface area contributed by atoms with Gasteiger partial charge in [-0.05, 0) is 23.3 Å². The van der Waals surface area contributed by atoms with Gasteiger partial charge in [0.25, 0.3) is 0 Å². The van der Waals surface area contributed by atoms with Gasteiger partial charge < -0.3 is 10.2 Å². The monoisotopic (exact) mass is 378 g/mol. The summed E-state index contributed by atoms with van der Waals surface area (Å²) in [7, 11) is 1.72. The van der Waals surface area contributed by atoms with Crippen LogP contribution in [0, 0.1) is 0 Å². The van der Waals surface area contributed by atoms with Crippen LogP contribution in [0.25, 0.3) is 0 Å². The van der Waals surface area contributed by atoms with Gasteiger partial charge in [-0.25, -0.2) is 0 Å². The molecule has 1 atom stereocenters. The molecule has 0 radical (unpaired) electrons. The molecule has 0 saturated heterocycles. The molecule has 2 rings (SSSR count). The average Bonchev–Trinajstić information content (AvgIpc) is 2.58. The Morgan fingerprint density at radius 3 is 2.36 bits per heavy atom. The molecule has 1 N–H and O–H groups in total. The minimum absolute atomic E-state index is 0.0753. The second-order valence-electron chi connectivity index (χ2n) is 5.87. The second-order valence-corrected chi connectivity index (χ2v) is 6.68. The van der Waals surface area contributed by atoms with Crippen LogP contribution >= 0.6 is 23.2 Å². The molecule has 25 heavy (non-hydrogen) atoms. The first-order chi connectivity index (χ1) is 11.9. The van der Waals surface area contributed by atoms with E-state index in [0.717, 1.165) is 11.1 Å². The van der Waals surface area contributed by atoms with E-state index in [2.05, 4.69) is 5.32 Å². The number of carbonyl (C=O) groups excluding carboxylic acids is 2. The van der Waals surface area contributed by atoms with Gasteiger partial charge in [-0.3, -0.25) is 9.59 Å². The Morgan fingerprint density at radius 1 is 1.08 bits per heavy atom. The number of halogens is 2. The van der Waals surface area contributed by atoms with E-state index in [1.807, 2.05) is 36.4 Å². The van der Waals surface area contributed by atoms with E-state index >= 15 is 0 Å². The first-order valence-electron chi connectivity index (χ1n) is 7.86. The zero-order valence-electron chi connectivity index (χ0n) is 14.1. The number of hydrogen-bond acceptors (Lipinski definition) is 2. The Morgan fingerprint density at radius 2 is 1.76 bits per heavy atom. The molecule has 2 aromatic rings. The molecule has 6 heteroatoms. The maximum absolute atomic E-state index is 12.6. The largest absolute Gasteiger partial charge is 0.349 e. The van der Waals surface area contributed by atoms with Crippen LogP contribution in [0.2, 0.25) is 10.0 Å². The third kappa shape index (κ3) is 5.76. The lowest BCUT2D eigenvalue weighted by Crippen LogP contribution is -2.33. The third-order valence-corrected chi connectivity index (χ3v) is 4.53. The van der Waals surface area contributed by atoms with Gasteiger partial charge in [0.1, 0.15) is 0 Å².